The van der Waals surface area contributed by atoms with Gasteiger partial charge >= 0.3 is 6.03 Å². The molecule has 6 nitrogen and oxygen atoms in total. The minimum atomic E-state index is -0.293. The van der Waals surface area contributed by atoms with E-state index in [0.29, 0.717) is 42.6 Å². The summed E-state index contributed by atoms with van der Waals surface area (Å²) >= 11 is 6.04. The fraction of sp³-hybridized carbons (Fsp3) is 0.278. The molecule has 0 unspecified atom stereocenters. The predicted molar refractivity (Wildman–Crippen MR) is 96.2 cm³/mol. The molecule has 0 saturated heterocycles. The van der Waals surface area contributed by atoms with Gasteiger partial charge in [0.2, 0.25) is 0 Å². The van der Waals surface area contributed by atoms with Gasteiger partial charge in [-0.05, 0) is 42.3 Å². The molecule has 2 N–H and O–H groups in total. The van der Waals surface area contributed by atoms with E-state index in [2.05, 4.69) is 10.6 Å². The molecule has 25 heavy (non-hydrogen) atoms. The van der Waals surface area contributed by atoms with Crippen molar-refractivity contribution >= 4 is 23.3 Å². The van der Waals surface area contributed by atoms with Crippen LogP contribution in [0.2, 0.25) is 5.02 Å². The van der Waals surface area contributed by atoms with Crippen molar-refractivity contribution in [3.05, 3.63) is 47.0 Å². The van der Waals surface area contributed by atoms with Crippen molar-refractivity contribution < 1.29 is 19.0 Å². The number of fused-ring (bicyclic) bond motifs is 1. The van der Waals surface area contributed by atoms with Crippen LogP contribution in [0.1, 0.15) is 5.56 Å². The Bertz CT molecular complexity index is 767. The molecular formula is C18H19ClN2O4. The Morgan fingerprint density at radius 2 is 1.96 bits per heavy atom. The maximum atomic E-state index is 12.0. The zero-order chi connectivity index (χ0) is 17.6. The first-order chi connectivity index (χ1) is 12.2. The van der Waals surface area contributed by atoms with Crippen molar-refractivity contribution in [3.8, 4) is 17.2 Å². The van der Waals surface area contributed by atoms with Gasteiger partial charge in [-0.15, -0.1) is 0 Å². The van der Waals surface area contributed by atoms with Crippen molar-refractivity contribution in [1.82, 2.24) is 5.32 Å². The number of hydrogen-bond acceptors (Lipinski definition) is 4. The van der Waals surface area contributed by atoms with E-state index >= 15 is 0 Å². The number of hydrogen-bond donors (Lipinski definition) is 2. The number of amides is 2. The second-order valence-corrected chi connectivity index (χ2v) is 5.87. The fourth-order valence-corrected chi connectivity index (χ4v) is 2.74. The van der Waals surface area contributed by atoms with Crippen LogP contribution in [0.25, 0.3) is 0 Å². The van der Waals surface area contributed by atoms with E-state index in [1.807, 2.05) is 18.2 Å². The standard InChI is InChI=1S/C18H19ClN2O4/c1-23-15-5-3-13(11-14(15)19)21-18(22)20-7-6-12-2-4-16-17(10-12)25-9-8-24-16/h2-5,10-11H,6-9H2,1H3,(H2,20,21,22). The third kappa shape index (κ3) is 4.48. The van der Waals surface area contributed by atoms with E-state index in [-0.39, 0.29) is 6.03 Å². The van der Waals surface area contributed by atoms with Gasteiger partial charge in [-0.3, -0.25) is 0 Å². The first kappa shape index (κ1) is 17.2. The average Bonchev–Trinajstić information content (AvgIpc) is 2.62. The third-order valence-electron chi connectivity index (χ3n) is 3.72. The molecule has 7 heteroatoms. The molecular weight excluding hydrogens is 344 g/mol. The molecule has 1 aliphatic rings. The lowest BCUT2D eigenvalue weighted by molar-refractivity contribution is 0.171. The van der Waals surface area contributed by atoms with E-state index < -0.39 is 0 Å². The van der Waals surface area contributed by atoms with Crippen LogP contribution in [-0.2, 0) is 6.42 Å². The van der Waals surface area contributed by atoms with Gasteiger partial charge in [-0.1, -0.05) is 17.7 Å². The van der Waals surface area contributed by atoms with Crippen molar-refractivity contribution in [2.24, 2.45) is 0 Å². The summed E-state index contributed by atoms with van der Waals surface area (Å²) in [6, 6.07) is 10.6. The molecule has 0 aliphatic carbocycles. The van der Waals surface area contributed by atoms with E-state index in [0.717, 1.165) is 17.1 Å². The van der Waals surface area contributed by atoms with Crippen LogP contribution < -0.4 is 24.8 Å². The second-order valence-electron chi connectivity index (χ2n) is 5.46. The Hall–Kier alpha value is -2.60. The number of carbonyl (C=O) groups is 1. The van der Waals surface area contributed by atoms with E-state index in [9.17, 15) is 4.79 Å². The first-order valence-electron chi connectivity index (χ1n) is 7.92. The monoisotopic (exact) mass is 362 g/mol. The summed E-state index contributed by atoms with van der Waals surface area (Å²) in [6.07, 6.45) is 0.688. The lowest BCUT2D eigenvalue weighted by Crippen LogP contribution is -2.30. The Morgan fingerprint density at radius 1 is 1.16 bits per heavy atom. The van der Waals surface area contributed by atoms with Gasteiger partial charge in [0.15, 0.2) is 11.5 Å². The Kier molecular flexibility index (Phi) is 5.50. The summed E-state index contributed by atoms with van der Waals surface area (Å²) in [5, 5.41) is 5.99. The molecule has 1 heterocycles. The van der Waals surface area contributed by atoms with E-state index in [1.54, 1.807) is 25.3 Å². The zero-order valence-corrected chi connectivity index (χ0v) is 14.6. The predicted octanol–water partition coefficient (Wildman–Crippen LogP) is 3.48. The molecule has 0 aromatic heterocycles. The highest BCUT2D eigenvalue weighted by Gasteiger charge is 2.11. The lowest BCUT2D eigenvalue weighted by atomic mass is 10.1. The number of nitrogens with one attached hydrogen (secondary N) is 2. The second kappa shape index (κ2) is 7.98. The third-order valence-corrected chi connectivity index (χ3v) is 4.01. The summed E-state index contributed by atoms with van der Waals surface area (Å²) in [5.74, 6) is 2.07. The number of urea groups is 1. The number of benzene rings is 2. The van der Waals surface area contributed by atoms with Crippen molar-refractivity contribution in [2.75, 3.05) is 32.2 Å². The van der Waals surface area contributed by atoms with Gasteiger partial charge in [0.1, 0.15) is 19.0 Å². The van der Waals surface area contributed by atoms with Crippen LogP contribution in [0.4, 0.5) is 10.5 Å². The molecule has 0 bridgehead atoms. The van der Waals surface area contributed by atoms with Crippen LogP contribution >= 0.6 is 11.6 Å². The summed E-state index contributed by atoms with van der Waals surface area (Å²) in [4.78, 5) is 12.0. The van der Waals surface area contributed by atoms with Crippen LogP contribution in [0, 0.1) is 0 Å². The number of halogens is 1. The smallest absolute Gasteiger partial charge is 0.319 e. The SMILES string of the molecule is COc1ccc(NC(=O)NCCc2ccc3c(c2)OCCO3)cc1Cl. The van der Waals surface area contributed by atoms with Crippen LogP contribution in [0.3, 0.4) is 0 Å². The molecule has 0 radical (unpaired) electrons. The van der Waals surface area contributed by atoms with E-state index in [1.165, 1.54) is 0 Å². The maximum Gasteiger partial charge on any atom is 0.319 e. The normalized spacial score (nSPS) is 12.4. The molecule has 2 aromatic carbocycles. The average molecular weight is 363 g/mol. The molecule has 2 aromatic rings. The van der Waals surface area contributed by atoms with Gasteiger partial charge in [-0.2, -0.15) is 0 Å². The molecule has 3 rings (SSSR count). The number of ether oxygens (including phenoxy) is 3. The Balaban J connectivity index is 1.48. The number of carbonyl (C=O) groups excluding carboxylic acids is 1. The topological polar surface area (TPSA) is 68.8 Å². The molecule has 0 fully saturated rings. The highest BCUT2D eigenvalue weighted by Crippen LogP contribution is 2.30. The van der Waals surface area contributed by atoms with Gasteiger partial charge in [0.25, 0.3) is 0 Å². The molecule has 0 saturated carbocycles. The Morgan fingerprint density at radius 3 is 2.72 bits per heavy atom. The molecule has 0 spiro atoms. The van der Waals surface area contributed by atoms with Gasteiger partial charge < -0.3 is 24.8 Å². The van der Waals surface area contributed by atoms with Gasteiger partial charge in [0, 0.05) is 12.2 Å². The lowest BCUT2D eigenvalue weighted by Gasteiger charge is -2.18. The Labute approximate surface area is 151 Å². The number of methoxy groups -OCH3 is 1. The van der Waals surface area contributed by atoms with Gasteiger partial charge in [0.05, 0.1) is 12.1 Å². The maximum absolute atomic E-state index is 12.0. The minimum absolute atomic E-state index is 0.293. The highest BCUT2D eigenvalue weighted by molar-refractivity contribution is 6.32. The quantitative estimate of drug-likeness (QED) is 0.854. The highest BCUT2D eigenvalue weighted by atomic mass is 35.5. The van der Waals surface area contributed by atoms with Crippen molar-refractivity contribution in [3.63, 3.8) is 0 Å². The van der Waals surface area contributed by atoms with Crippen molar-refractivity contribution in [1.29, 1.82) is 0 Å². The molecule has 0 atom stereocenters. The first-order valence-corrected chi connectivity index (χ1v) is 8.30. The van der Waals surface area contributed by atoms with Crippen LogP contribution in [-0.4, -0.2) is 32.9 Å². The van der Waals surface area contributed by atoms with Crippen molar-refractivity contribution in [2.45, 2.75) is 6.42 Å². The zero-order valence-electron chi connectivity index (χ0n) is 13.8. The van der Waals surface area contributed by atoms with Crippen LogP contribution in [0.15, 0.2) is 36.4 Å². The number of rotatable bonds is 5. The van der Waals surface area contributed by atoms with E-state index in [4.69, 9.17) is 25.8 Å². The van der Waals surface area contributed by atoms with Gasteiger partial charge in [-0.25, -0.2) is 4.79 Å². The van der Waals surface area contributed by atoms with Crippen LogP contribution in [0.5, 0.6) is 17.2 Å². The summed E-state index contributed by atoms with van der Waals surface area (Å²) in [7, 11) is 1.54. The number of anilines is 1. The summed E-state index contributed by atoms with van der Waals surface area (Å²) < 4.78 is 16.1. The minimum Gasteiger partial charge on any atom is -0.495 e. The fourth-order valence-electron chi connectivity index (χ4n) is 2.48. The summed E-state index contributed by atoms with van der Waals surface area (Å²) in [6.45, 7) is 1.63. The largest absolute Gasteiger partial charge is 0.495 e. The molecule has 2 amide bonds. The summed E-state index contributed by atoms with van der Waals surface area (Å²) in [5.41, 5.74) is 1.67. The molecule has 132 valence electrons. The molecule has 1 aliphatic heterocycles.